The smallest absolute Gasteiger partial charge is 0.326 e. The van der Waals surface area contributed by atoms with E-state index in [-0.39, 0.29) is 18.4 Å². The number of rotatable bonds is 10. The molecule has 0 unspecified atom stereocenters. The van der Waals surface area contributed by atoms with Gasteiger partial charge in [0.2, 0.25) is 5.91 Å². The number of fused-ring (bicyclic) bond motifs is 1. The van der Waals surface area contributed by atoms with Crippen molar-refractivity contribution in [1.29, 1.82) is 0 Å². The molecule has 0 aliphatic carbocycles. The van der Waals surface area contributed by atoms with E-state index >= 15 is 0 Å². The van der Waals surface area contributed by atoms with Crippen molar-refractivity contribution in [3.63, 3.8) is 0 Å². The minimum Gasteiger partial charge on any atom is -0.361 e. The number of hydrogen-bond donors (Lipinski definition) is 4. The molecule has 0 fully saturated rings. The maximum Gasteiger partial charge on any atom is 0.326 e. The Hall–Kier alpha value is -4.17. The number of benzene rings is 2. The molecule has 3 amide bonds. The number of carbonyl (C=O) groups is 2. The van der Waals surface area contributed by atoms with E-state index in [0.717, 1.165) is 41.6 Å². The van der Waals surface area contributed by atoms with Crippen LogP contribution < -0.4 is 15.7 Å². The summed E-state index contributed by atoms with van der Waals surface area (Å²) in [5, 5.41) is 12.7. The van der Waals surface area contributed by atoms with Gasteiger partial charge in [0, 0.05) is 36.6 Å². The molecule has 2 aromatic carbocycles. The highest BCUT2D eigenvalue weighted by Gasteiger charge is 2.16. The molecule has 0 aliphatic heterocycles. The maximum absolute atomic E-state index is 13.1. The van der Waals surface area contributed by atoms with E-state index in [1.807, 2.05) is 36.5 Å². The van der Waals surface area contributed by atoms with Gasteiger partial charge in [0.05, 0.1) is 11.9 Å². The number of pyridine rings is 1. The third-order valence-electron chi connectivity index (χ3n) is 5.89. The summed E-state index contributed by atoms with van der Waals surface area (Å²) >= 11 is 0. The molecule has 0 radical (unpaired) electrons. The average molecular weight is 472 g/mol. The van der Waals surface area contributed by atoms with Gasteiger partial charge in [-0.25, -0.2) is 10.3 Å². The van der Waals surface area contributed by atoms with E-state index in [1.165, 1.54) is 5.39 Å². The molecule has 0 saturated carbocycles. The largest absolute Gasteiger partial charge is 0.361 e. The van der Waals surface area contributed by atoms with Crippen LogP contribution in [0.3, 0.4) is 0 Å². The molecule has 4 rings (SSSR count). The standard InChI is InChI=1S/C27H29N5O3/c33-26(31-35)7-3-1-2-4-17-32(27(34)30-23-6-5-15-28-19-23)24-12-10-20(11-13-24)22-9-8-21-14-16-29-25(21)18-22/h5-6,8-16,18-19,29,35H,1-4,7,17H2,(H,30,34)(H,31,33). The first kappa shape index (κ1) is 24.0. The van der Waals surface area contributed by atoms with E-state index in [1.54, 1.807) is 34.9 Å². The Morgan fingerprint density at radius 3 is 2.51 bits per heavy atom. The molecule has 4 N–H and O–H groups in total. The van der Waals surface area contributed by atoms with E-state index in [4.69, 9.17) is 5.21 Å². The molecule has 0 aliphatic rings. The molecular weight excluding hydrogens is 442 g/mol. The Morgan fingerprint density at radius 2 is 1.74 bits per heavy atom. The van der Waals surface area contributed by atoms with E-state index < -0.39 is 0 Å². The first-order valence-electron chi connectivity index (χ1n) is 11.7. The number of unbranched alkanes of at least 4 members (excludes halogenated alkanes) is 3. The van der Waals surface area contributed by atoms with E-state index in [0.29, 0.717) is 18.7 Å². The van der Waals surface area contributed by atoms with Gasteiger partial charge < -0.3 is 10.3 Å². The Balaban J connectivity index is 1.44. The number of carbonyl (C=O) groups excluding carboxylic acids is 2. The summed E-state index contributed by atoms with van der Waals surface area (Å²) in [4.78, 5) is 33.3. The molecule has 180 valence electrons. The molecule has 8 heteroatoms. The first-order chi connectivity index (χ1) is 17.1. The molecular formula is C27H29N5O3. The van der Waals surface area contributed by atoms with Gasteiger partial charge in [0.15, 0.2) is 0 Å². The van der Waals surface area contributed by atoms with Crippen molar-refractivity contribution in [1.82, 2.24) is 15.4 Å². The van der Waals surface area contributed by atoms with Crippen LogP contribution in [0, 0.1) is 0 Å². The number of aromatic nitrogens is 2. The number of urea groups is 1. The third-order valence-corrected chi connectivity index (χ3v) is 5.89. The van der Waals surface area contributed by atoms with Crippen LogP contribution in [-0.2, 0) is 4.79 Å². The van der Waals surface area contributed by atoms with E-state index in [2.05, 4.69) is 33.5 Å². The lowest BCUT2D eigenvalue weighted by Crippen LogP contribution is -2.35. The van der Waals surface area contributed by atoms with Crippen LogP contribution in [0.25, 0.3) is 22.0 Å². The second-order valence-electron chi connectivity index (χ2n) is 8.35. The summed E-state index contributed by atoms with van der Waals surface area (Å²) in [5.74, 6) is -0.377. The van der Waals surface area contributed by atoms with Gasteiger partial charge >= 0.3 is 6.03 Å². The topological polar surface area (TPSA) is 110 Å². The van der Waals surface area contributed by atoms with Crippen molar-refractivity contribution in [2.75, 3.05) is 16.8 Å². The van der Waals surface area contributed by atoms with Gasteiger partial charge in [0.25, 0.3) is 0 Å². The zero-order valence-electron chi connectivity index (χ0n) is 19.4. The fourth-order valence-electron chi connectivity index (χ4n) is 4.00. The van der Waals surface area contributed by atoms with Gasteiger partial charge in [-0.2, -0.15) is 0 Å². The molecule has 4 aromatic rings. The zero-order valence-corrected chi connectivity index (χ0v) is 19.4. The number of H-pyrrole nitrogens is 1. The number of hydrogen-bond acceptors (Lipinski definition) is 4. The second-order valence-corrected chi connectivity index (χ2v) is 8.35. The SMILES string of the molecule is O=C(CCCCCCN(C(=O)Nc1cccnc1)c1ccc(-c2ccc3cc[nH]c3c2)cc1)NO. The summed E-state index contributed by atoms with van der Waals surface area (Å²) in [6.45, 7) is 0.534. The number of anilines is 2. The van der Waals surface area contributed by atoms with E-state index in [9.17, 15) is 9.59 Å². The van der Waals surface area contributed by atoms with Gasteiger partial charge in [-0.15, -0.1) is 0 Å². The van der Waals surface area contributed by atoms with Crippen molar-refractivity contribution >= 4 is 34.2 Å². The molecule has 0 spiro atoms. The summed E-state index contributed by atoms with van der Waals surface area (Å²) in [6.07, 6.45) is 8.67. The highest BCUT2D eigenvalue weighted by molar-refractivity contribution is 6.01. The van der Waals surface area contributed by atoms with Crippen LogP contribution in [0.4, 0.5) is 16.2 Å². The van der Waals surface area contributed by atoms with Crippen LogP contribution in [0.1, 0.15) is 32.1 Å². The molecule has 8 nitrogen and oxygen atoms in total. The minimum atomic E-state index is -0.377. The normalized spacial score (nSPS) is 10.8. The lowest BCUT2D eigenvalue weighted by atomic mass is 10.0. The molecule has 0 atom stereocenters. The quantitative estimate of drug-likeness (QED) is 0.135. The lowest BCUT2D eigenvalue weighted by molar-refractivity contribution is -0.129. The van der Waals surface area contributed by atoms with Gasteiger partial charge in [-0.3, -0.25) is 19.9 Å². The van der Waals surface area contributed by atoms with Crippen LogP contribution in [0.15, 0.2) is 79.3 Å². The summed E-state index contributed by atoms with van der Waals surface area (Å²) in [7, 11) is 0. The second kappa shape index (κ2) is 11.8. The zero-order chi connectivity index (χ0) is 24.5. The summed E-state index contributed by atoms with van der Waals surface area (Å²) in [6, 6.07) is 19.7. The molecule has 0 saturated heterocycles. The molecule has 2 heterocycles. The number of hydroxylamine groups is 1. The summed E-state index contributed by atoms with van der Waals surface area (Å²) in [5.41, 5.74) is 6.34. The minimum absolute atomic E-state index is 0.224. The molecule has 35 heavy (non-hydrogen) atoms. The van der Waals surface area contributed by atoms with Crippen LogP contribution in [-0.4, -0.2) is 33.7 Å². The number of amides is 3. The van der Waals surface area contributed by atoms with Crippen molar-refractivity contribution in [3.05, 3.63) is 79.3 Å². The predicted octanol–water partition coefficient (Wildman–Crippen LogP) is 5.72. The predicted molar refractivity (Wildman–Crippen MR) is 137 cm³/mol. The van der Waals surface area contributed by atoms with Crippen LogP contribution >= 0.6 is 0 Å². The van der Waals surface area contributed by atoms with Gasteiger partial charge in [-0.05, 0) is 65.8 Å². The Bertz CT molecular complexity index is 1250. The number of nitrogens with zero attached hydrogens (tertiary/aromatic N) is 2. The van der Waals surface area contributed by atoms with Gasteiger partial charge in [-0.1, -0.05) is 37.1 Å². The summed E-state index contributed by atoms with van der Waals surface area (Å²) < 4.78 is 0. The number of aromatic amines is 1. The fourth-order valence-corrected chi connectivity index (χ4v) is 4.00. The average Bonchev–Trinajstić information content (AvgIpc) is 3.37. The fraction of sp³-hybridized carbons (Fsp3) is 0.222. The van der Waals surface area contributed by atoms with Crippen molar-refractivity contribution in [3.8, 4) is 11.1 Å². The maximum atomic E-state index is 13.1. The van der Waals surface area contributed by atoms with Crippen LogP contribution in [0.2, 0.25) is 0 Å². The Labute approximate surface area is 204 Å². The highest BCUT2D eigenvalue weighted by Crippen LogP contribution is 2.27. The van der Waals surface area contributed by atoms with Gasteiger partial charge in [0.1, 0.15) is 0 Å². The van der Waals surface area contributed by atoms with Crippen LogP contribution in [0.5, 0.6) is 0 Å². The molecule has 2 aromatic heterocycles. The van der Waals surface area contributed by atoms with Crippen molar-refractivity contribution < 1.29 is 14.8 Å². The van der Waals surface area contributed by atoms with Crippen molar-refractivity contribution in [2.24, 2.45) is 0 Å². The Morgan fingerprint density at radius 1 is 0.943 bits per heavy atom. The lowest BCUT2D eigenvalue weighted by Gasteiger charge is -2.23. The third kappa shape index (κ3) is 6.45. The first-order valence-corrected chi connectivity index (χ1v) is 11.7. The highest BCUT2D eigenvalue weighted by atomic mass is 16.5. The molecule has 0 bridgehead atoms. The van der Waals surface area contributed by atoms with Crippen molar-refractivity contribution in [2.45, 2.75) is 32.1 Å². The monoisotopic (exact) mass is 471 g/mol. The Kier molecular flexibility index (Phi) is 8.08. The number of nitrogens with one attached hydrogen (secondary N) is 3.